The van der Waals surface area contributed by atoms with Gasteiger partial charge >= 0.3 is 15.6 Å². The van der Waals surface area contributed by atoms with Crippen molar-refractivity contribution in [3.8, 4) is 5.88 Å². The van der Waals surface area contributed by atoms with E-state index in [4.69, 9.17) is 0 Å². The van der Waals surface area contributed by atoms with Crippen LogP contribution in [0.1, 0.15) is 36.4 Å². The number of rotatable bonds is 2. The van der Waals surface area contributed by atoms with E-state index in [1.807, 2.05) is 0 Å². The van der Waals surface area contributed by atoms with Crippen LogP contribution in [0, 0.1) is 5.92 Å². The molecule has 0 amide bonds. The molecule has 20 heavy (non-hydrogen) atoms. The number of fused-ring (bicyclic) bond motifs is 4. The van der Waals surface area contributed by atoms with E-state index in [-0.39, 0.29) is 11.8 Å². The van der Waals surface area contributed by atoms with Gasteiger partial charge in [0, 0.05) is 18.5 Å². The van der Waals surface area contributed by atoms with Crippen molar-refractivity contribution in [2.75, 3.05) is 0 Å². The van der Waals surface area contributed by atoms with Crippen LogP contribution in [-0.4, -0.2) is 23.7 Å². The molecule has 2 bridgehead atoms. The number of hydrogen-bond acceptors (Lipinski definition) is 4. The summed E-state index contributed by atoms with van der Waals surface area (Å²) in [6.45, 7) is 0. The lowest BCUT2D eigenvalue weighted by Gasteiger charge is -2.18. The largest absolute Gasteiger partial charge is 0.534 e. The van der Waals surface area contributed by atoms with Gasteiger partial charge in [0.1, 0.15) is 0 Å². The summed E-state index contributed by atoms with van der Waals surface area (Å²) in [4.78, 5) is 0. The van der Waals surface area contributed by atoms with Gasteiger partial charge in [-0.2, -0.15) is 26.7 Å². The molecule has 0 radical (unpaired) electrons. The summed E-state index contributed by atoms with van der Waals surface area (Å²) in [5.41, 5.74) is -4.23. The minimum Gasteiger partial charge on any atom is -0.355 e. The maximum absolute atomic E-state index is 12.4. The van der Waals surface area contributed by atoms with Gasteiger partial charge in [0.25, 0.3) is 0 Å². The van der Waals surface area contributed by atoms with Crippen LogP contribution in [-0.2, 0) is 23.6 Å². The zero-order valence-corrected chi connectivity index (χ0v) is 11.5. The number of alkyl halides is 3. The third-order valence-corrected chi connectivity index (χ3v) is 4.96. The van der Waals surface area contributed by atoms with Crippen LogP contribution in [0.4, 0.5) is 13.2 Å². The molecule has 112 valence electrons. The fraction of sp³-hybridized carbons (Fsp3) is 0.727. The maximum Gasteiger partial charge on any atom is 0.534 e. The summed E-state index contributed by atoms with van der Waals surface area (Å²) in [6, 6.07) is 0. The third-order valence-electron chi connectivity index (χ3n) is 4.01. The molecule has 1 aromatic rings. The SMILES string of the molecule is Cn1nc2c(c1OS(=O)(=O)C(F)(F)F)C[C@@H]1CC[C@H]2C1. The normalized spacial score (nSPS) is 25.6. The van der Waals surface area contributed by atoms with Crippen molar-refractivity contribution in [2.24, 2.45) is 13.0 Å². The Bertz CT molecular complexity index is 651. The summed E-state index contributed by atoms with van der Waals surface area (Å²) in [7, 11) is -4.26. The highest BCUT2D eigenvalue weighted by atomic mass is 32.2. The van der Waals surface area contributed by atoms with Crippen molar-refractivity contribution in [2.45, 2.75) is 37.1 Å². The van der Waals surface area contributed by atoms with Crippen LogP contribution in [0.5, 0.6) is 5.88 Å². The van der Waals surface area contributed by atoms with Crippen LogP contribution < -0.4 is 4.18 Å². The minimum absolute atomic E-state index is 0.209. The Morgan fingerprint density at radius 3 is 2.70 bits per heavy atom. The highest BCUT2D eigenvalue weighted by Gasteiger charge is 2.50. The highest BCUT2D eigenvalue weighted by Crippen LogP contribution is 2.48. The minimum atomic E-state index is -5.65. The zero-order chi connectivity index (χ0) is 14.7. The molecule has 2 aliphatic carbocycles. The summed E-state index contributed by atoms with van der Waals surface area (Å²) >= 11 is 0. The lowest BCUT2D eigenvalue weighted by atomic mass is 9.88. The second-order valence-electron chi connectivity index (χ2n) is 5.36. The first kappa shape index (κ1) is 13.7. The average molecular weight is 310 g/mol. The Balaban J connectivity index is 2.01. The molecule has 0 unspecified atom stereocenters. The van der Waals surface area contributed by atoms with E-state index < -0.39 is 15.6 Å². The van der Waals surface area contributed by atoms with Crippen LogP contribution >= 0.6 is 0 Å². The van der Waals surface area contributed by atoms with Crippen molar-refractivity contribution in [3.05, 3.63) is 11.3 Å². The van der Waals surface area contributed by atoms with Gasteiger partial charge in [-0.25, -0.2) is 4.68 Å². The molecule has 0 aromatic carbocycles. The van der Waals surface area contributed by atoms with E-state index in [1.54, 1.807) is 0 Å². The lowest BCUT2D eigenvalue weighted by Crippen LogP contribution is -2.29. The summed E-state index contributed by atoms with van der Waals surface area (Å²) in [6.07, 6.45) is 3.44. The first-order valence-corrected chi connectivity index (χ1v) is 7.66. The molecule has 5 nitrogen and oxygen atoms in total. The molecular weight excluding hydrogens is 297 g/mol. The quantitative estimate of drug-likeness (QED) is 0.620. The molecular formula is C11H13F3N2O3S. The van der Waals surface area contributed by atoms with Crippen LogP contribution in [0.3, 0.4) is 0 Å². The van der Waals surface area contributed by atoms with Gasteiger partial charge in [0.05, 0.1) is 5.69 Å². The molecule has 0 saturated heterocycles. The van der Waals surface area contributed by atoms with E-state index >= 15 is 0 Å². The Morgan fingerprint density at radius 2 is 2.05 bits per heavy atom. The molecule has 2 atom stereocenters. The molecule has 3 rings (SSSR count). The van der Waals surface area contributed by atoms with Crippen molar-refractivity contribution in [3.63, 3.8) is 0 Å². The van der Waals surface area contributed by atoms with Crippen molar-refractivity contribution >= 4 is 10.1 Å². The van der Waals surface area contributed by atoms with Gasteiger partial charge in [-0.15, -0.1) is 0 Å². The fourth-order valence-electron chi connectivity index (χ4n) is 3.14. The predicted octanol–water partition coefficient (Wildman–Crippen LogP) is 2.09. The second-order valence-corrected chi connectivity index (χ2v) is 6.89. The lowest BCUT2D eigenvalue weighted by molar-refractivity contribution is -0.0502. The van der Waals surface area contributed by atoms with E-state index in [9.17, 15) is 21.6 Å². The predicted molar refractivity (Wildman–Crippen MR) is 62.6 cm³/mol. The monoisotopic (exact) mass is 310 g/mol. The summed E-state index contributed by atoms with van der Waals surface area (Å²) in [5.74, 6) is 0.294. The molecule has 9 heteroatoms. The highest BCUT2D eigenvalue weighted by molar-refractivity contribution is 7.87. The molecule has 1 saturated carbocycles. The molecule has 0 spiro atoms. The zero-order valence-electron chi connectivity index (χ0n) is 10.6. The first-order chi connectivity index (χ1) is 9.19. The van der Waals surface area contributed by atoms with Crippen LogP contribution in [0.2, 0.25) is 0 Å². The van der Waals surface area contributed by atoms with Crippen molar-refractivity contribution < 1.29 is 25.8 Å². The summed E-state index contributed by atoms with van der Waals surface area (Å²) < 4.78 is 64.9. The molecule has 2 aliphatic rings. The van der Waals surface area contributed by atoms with Gasteiger partial charge < -0.3 is 4.18 Å². The molecule has 0 aliphatic heterocycles. The van der Waals surface area contributed by atoms with E-state index in [0.717, 1.165) is 23.9 Å². The van der Waals surface area contributed by atoms with Gasteiger partial charge in [0.15, 0.2) is 0 Å². The summed E-state index contributed by atoms with van der Waals surface area (Å²) in [5, 5.41) is 4.16. The standard InChI is InChI=1S/C11H13F3N2O3S/c1-16-10(19-20(17,18)11(12,13)14)8-5-6-2-3-7(4-6)9(8)15-16/h6-7H,2-5H2,1H3/t6-,7+/m1/s1. The van der Waals surface area contributed by atoms with Gasteiger partial charge in [-0.05, 0) is 31.6 Å². The number of aromatic nitrogens is 2. The third kappa shape index (κ3) is 1.99. The van der Waals surface area contributed by atoms with Crippen molar-refractivity contribution in [1.82, 2.24) is 9.78 Å². The van der Waals surface area contributed by atoms with E-state index in [1.165, 1.54) is 7.05 Å². The van der Waals surface area contributed by atoms with Crippen LogP contribution in [0.15, 0.2) is 0 Å². The number of aryl methyl sites for hydroxylation is 1. The Morgan fingerprint density at radius 1 is 1.35 bits per heavy atom. The molecule has 0 N–H and O–H groups in total. The van der Waals surface area contributed by atoms with Crippen LogP contribution in [0.25, 0.3) is 0 Å². The number of halogens is 3. The Labute approximate surface area is 113 Å². The smallest absolute Gasteiger partial charge is 0.355 e. The van der Waals surface area contributed by atoms with E-state index in [2.05, 4.69) is 9.28 Å². The van der Waals surface area contributed by atoms with Gasteiger partial charge in [-0.3, -0.25) is 0 Å². The van der Waals surface area contributed by atoms with Gasteiger partial charge in [0.2, 0.25) is 5.88 Å². The van der Waals surface area contributed by atoms with Gasteiger partial charge in [-0.1, -0.05) is 0 Å². The average Bonchev–Trinajstić information content (AvgIpc) is 2.84. The first-order valence-electron chi connectivity index (χ1n) is 6.25. The fourth-order valence-corrected chi connectivity index (χ4v) is 3.66. The molecule has 1 heterocycles. The Hall–Kier alpha value is -1.25. The number of nitrogens with zero attached hydrogens (tertiary/aromatic N) is 2. The topological polar surface area (TPSA) is 61.2 Å². The molecule has 1 fully saturated rings. The molecule has 1 aromatic heterocycles. The van der Waals surface area contributed by atoms with E-state index in [0.29, 0.717) is 23.6 Å². The number of hydrogen-bond donors (Lipinski definition) is 0. The second kappa shape index (κ2) is 4.12. The van der Waals surface area contributed by atoms with Crippen molar-refractivity contribution in [1.29, 1.82) is 0 Å². The Kier molecular flexibility index (Phi) is 2.83. The maximum atomic E-state index is 12.4.